The first-order valence-electron chi connectivity index (χ1n) is 5.34. The van der Waals surface area contributed by atoms with E-state index in [0.29, 0.717) is 28.3 Å². The molecule has 3 nitrogen and oxygen atoms in total. The van der Waals surface area contributed by atoms with E-state index in [1.165, 1.54) is 4.57 Å². The first-order valence-corrected chi connectivity index (χ1v) is 5.34. The lowest BCUT2D eigenvalue weighted by molar-refractivity contribution is 0.112. The van der Waals surface area contributed by atoms with E-state index < -0.39 is 13.0 Å². The number of benzene rings is 1. The van der Waals surface area contributed by atoms with Crippen LogP contribution in [-0.4, -0.2) is 17.3 Å². The fraction of sp³-hybridized carbons (Fsp3) is 0.231. The van der Waals surface area contributed by atoms with Crippen LogP contribution in [-0.2, 0) is 6.54 Å². The number of aldehydes is 1. The first-order chi connectivity index (χ1) is 8.58. The molecule has 5 heteroatoms. The largest absolute Gasteiger partial charge is 0.327 e. The van der Waals surface area contributed by atoms with Crippen LogP contribution in [0.1, 0.15) is 21.6 Å². The van der Waals surface area contributed by atoms with Crippen LogP contribution in [0.2, 0.25) is 0 Å². The quantitative estimate of drug-likeness (QED) is 0.784. The number of aryl methyl sites for hydroxylation is 1. The van der Waals surface area contributed by atoms with Crippen LogP contribution in [0.25, 0.3) is 10.9 Å². The molecule has 0 unspecified atom stereocenters. The molecule has 0 aliphatic rings. The second kappa shape index (κ2) is 4.57. The van der Waals surface area contributed by atoms with Crippen LogP contribution in [0, 0.1) is 18.3 Å². The summed E-state index contributed by atoms with van der Waals surface area (Å²) in [5.41, 5.74) is 1.93. The Hall–Kier alpha value is -2.22. The van der Waals surface area contributed by atoms with Gasteiger partial charge in [-0.3, -0.25) is 4.79 Å². The molecule has 1 aromatic heterocycles. The predicted octanol–water partition coefficient (Wildman–Crippen LogP) is 2.90. The lowest BCUT2D eigenvalue weighted by Gasteiger charge is -2.07. The summed E-state index contributed by atoms with van der Waals surface area (Å²) in [6, 6.07) is 6.61. The number of alkyl halides is 2. The summed E-state index contributed by atoms with van der Waals surface area (Å²) in [6.45, 7) is 1.21. The number of carbonyl (C=O) groups excluding carboxylic acids is 1. The number of hydrogen-bond donors (Lipinski definition) is 0. The van der Waals surface area contributed by atoms with Gasteiger partial charge in [0.15, 0.2) is 0 Å². The fourth-order valence-corrected chi connectivity index (χ4v) is 2.05. The van der Waals surface area contributed by atoms with Gasteiger partial charge in [-0.2, -0.15) is 5.26 Å². The van der Waals surface area contributed by atoms with Crippen LogP contribution < -0.4 is 0 Å². The molecular weight excluding hydrogens is 238 g/mol. The number of nitriles is 1. The summed E-state index contributed by atoms with van der Waals surface area (Å²) >= 11 is 0. The van der Waals surface area contributed by atoms with Gasteiger partial charge in [0, 0.05) is 16.5 Å². The van der Waals surface area contributed by atoms with Gasteiger partial charge in [-0.15, -0.1) is 0 Å². The van der Waals surface area contributed by atoms with Gasteiger partial charge in [-0.1, -0.05) is 0 Å². The Morgan fingerprint density at radius 1 is 1.50 bits per heavy atom. The highest BCUT2D eigenvalue weighted by atomic mass is 19.3. The molecule has 92 valence electrons. The van der Waals surface area contributed by atoms with Gasteiger partial charge in [0.1, 0.15) is 18.0 Å². The molecule has 0 fully saturated rings. The van der Waals surface area contributed by atoms with Crippen molar-refractivity contribution in [3.63, 3.8) is 0 Å². The number of aromatic nitrogens is 1. The molecule has 0 spiro atoms. The third-order valence-corrected chi connectivity index (χ3v) is 2.96. The molecule has 18 heavy (non-hydrogen) atoms. The maximum atomic E-state index is 12.5. The minimum absolute atomic E-state index is 0.177. The molecule has 0 atom stereocenters. The van der Waals surface area contributed by atoms with Crippen molar-refractivity contribution in [2.75, 3.05) is 0 Å². The molecule has 0 radical (unpaired) electrons. The summed E-state index contributed by atoms with van der Waals surface area (Å²) in [4.78, 5) is 10.8. The predicted molar refractivity (Wildman–Crippen MR) is 62.8 cm³/mol. The van der Waals surface area contributed by atoms with Crippen molar-refractivity contribution < 1.29 is 13.6 Å². The summed E-state index contributed by atoms with van der Waals surface area (Å²) in [6.07, 6.45) is -1.82. The molecule has 0 saturated carbocycles. The Labute approximate surface area is 102 Å². The molecule has 2 aromatic rings. The Morgan fingerprint density at radius 3 is 2.78 bits per heavy atom. The molecule has 0 amide bonds. The van der Waals surface area contributed by atoms with Gasteiger partial charge in [0.2, 0.25) is 0 Å². The van der Waals surface area contributed by atoms with E-state index in [1.54, 1.807) is 25.1 Å². The van der Waals surface area contributed by atoms with Crippen molar-refractivity contribution in [3.05, 3.63) is 35.0 Å². The van der Waals surface area contributed by atoms with Gasteiger partial charge < -0.3 is 4.57 Å². The van der Waals surface area contributed by atoms with Crippen molar-refractivity contribution in [2.24, 2.45) is 0 Å². The number of carbonyl (C=O) groups is 1. The Bertz CT molecular complexity index is 653. The molecule has 0 aliphatic carbocycles. The SMILES string of the molecule is Cc1c(C=O)ccc2c1cc(C#N)n2CC(F)F. The number of nitrogens with zero attached hydrogens (tertiary/aromatic N) is 2. The van der Waals surface area contributed by atoms with Crippen molar-refractivity contribution in [2.45, 2.75) is 19.9 Å². The van der Waals surface area contributed by atoms with E-state index in [1.807, 2.05) is 6.07 Å². The first kappa shape index (κ1) is 12.2. The van der Waals surface area contributed by atoms with Crippen molar-refractivity contribution in [1.29, 1.82) is 5.26 Å². The lowest BCUT2D eigenvalue weighted by Crippen LogP contribution is -2.08. The Balaban J connectivity index is 2.74. The maximum Gasteiger partial charge on any atom is 0.256 e. The third-order valence-electron chi connectivity index (χ3n) is 2.96. The number of rotatable bonds is 3. The maximum absolute atomic E-state index is 12.5. The summed E-state index contributed by atoms with van der Waals surface area (Å²) in [5, 5.41) is 9.63. The topological polar surface area (TPSA) is 45.8 Å². The van der Waals surface area contributed by atoms with Crippen molar-refractivity contribution in [3.8, 4) is 6.07 Å². The van der Waals surface area contributed by atoms with Gasteiger partial charge in [-0.25, -0.2) is 8.78 Å². The number of halogens is 2. The van der Waals surface area contributed by atoms with Gasteiger partial charge in [0.25, 0.3) is 6.43 Å². The number of hydrogen-bond acceptors (Lipinski definition) is 2. The minimum atomic E-state index is -2.53. The van der Waals surface area contributed by atoms with Gasteiger partial charge >= 0.3 is 0 Å². The standard InChI is InChI=1S/C13H10F2N2O/c1-8-9(7-18)2-3-12-11(8)4-10(5-16)17(12)6-13(14)15/h2-4,7,13H,6H2,1H3. The highest BCUT2D eigenvalue weighted by Gasteiger charge is 2.15. The fourth-order valence-electron chi connectivity index (χ4n) is 2.05. The van der Waals surface area contributed by atoms with E-state index in [9.17, 15) is 13.6 Å². The highest BCUT2D eigenvalue weighted by molar-refractivity contribution is 5.92. The van der Waals surface area contributed by atoms with Crippen LogP contribution in [0.3, 0.4) is 0 Å². The summed E-state index contributed by atoms with van der Waals surface area (Å²) < 4.78 is 26.3. The Kier molecular flexibility index (Phi) is 3.11. The van der Waals surface area contributed by atoms with Crippen LogP contribution in [0.15, 0.2) is 18.2 Å². The Morgan fingerprint density at radius 2 is 2.22 bits per heavy atom. The van der Waals surface area contributed by atoms with E-state index >= 15 is 0 Å². The molecular formula is C13H10F2N2O. The van der Waals surface area contributed by atoms with Gasteiger partial charge in [0.05, 0.1) is 6.54 Å². The zero-order valence-corrected chi connectivity index (χ0v) is 9.65. The minimum Gasteiger partial charge on any atom is -0.327 e. The van der Waals surface area contributed by atoms with Gasteiger partial charge in [-0.05, 0) is 30.7 Å². The van der Waals surface area contributed by atoms with Crippen LogP contribution in [0.5, 0.6) is 0 Å². The van der Waals surface area contributed by atoms with Crippen LogP contribution in [0.4, 0.5) is 8.78 Å². The molecule has 1 heterocycles. The monoisotopic (exact) mass is 248 g/mol. The average Bonchev–Trinajstić information content (AvgIpc) is 2.68. The summed E-state index contributed by atoms with van der Waals surface area (Å²) in [5.74, 6) is 0. The smallest absolute Gasteiger partial charge is 0.256 e. The second-order valence-electron chi connectivity index (χ2n) is 3.97. The van der Waals surface area contributed by atoms with Crippen LogP contribution >= 0.6 is 0 Å². The zero-order chi connectivity index (χ0) is 13.3. The van der Waals surface area contributed by atoms with E-state index in [-0.39, 0.29) is 5.69 Å². The molecule has 0 saturated heterocycles. The molecule has 0 bridgehead atoms. The van der Waals surface area contributed by atoms with Crippen molar-refractivity contribution in [1.82, 2.24) is 4.57 Å². The van der Waals surface area contributed by atoms with Crippen molar-refractivity contribution >= 4 is 17.2 Å². The zero-order valence-electron chi connectivity index (χ0n) is 9.65. The molecule has 2 rings (SSSR count). The summed E-state index contributed by atoms with van der Waals surface area (Å²) in [7, 11) is 0. The van der Waals surface area contributed by atoms with E-state index in [4.69, 9.17) is 5.26 Å². The van der Waals surface area contributed by atoms with E-state index in [2.05, 4.69) is 0 Å². The molecule has 0 N–H and O–H groups in total. The lowest BCUT2D eigenvalue weighted by atomic mass is 10.1. The average molecular weight is 248 g/mol. The highest BCUT2D eigenvalue weighted by Crippen LogP contribution is 2.25. The number of fused-ring (bicyclic) bond motifs is 1. The third kappa shape index (κ3) is 1.86. The molecule has 1 aromatic carbocycles. The van der Waals surface area contributed by atoms with E-state index in [0.717, 1.165) is 0 Å². The normalized spacial score (nSPS) is 10.8. The molecule has 0 aliphatic heterocycles. The second-order valence-corrected chi connectivity index (χ2v) is 3.97.